The fourth-order valence-electron chi connectivity index (χ4n) is 3.86. The highest BCUT2D eigenvalue weighted by Gasteiger charge is 2.33. The number of nitrogens with one attached hydrogen (secondary N) is 1. The van der Waals surface area contributed by atoms with Crippen LogP contribution in [0.25, 0.3) is 0 Å². The van der Waals surface area contributed by atoms with Crippen LogP contribution < -0.4 is 14.4 Å². The van der Waals surface area contributed by atoms with Gasteiger partial charge in [0.25, 0.3) is 10.0 Å². The maximum atomic E-state index is 13.9. The number of hydrogen-bond donors (Lipinski definition) is 1. The van der Waals surface area contributed by atoms with Crippen LogP contribution in [-0.4, -0.2) is 50.9 Å². The normalized spacial score (nSPS) is 12.1. The topological polar surface area (TPSA) is 96.0 Å². The van der Waals surface area contributed by atoms with E-state index in [1.54, 1.807) is 45.0 Å². The van der Waals surface area contributed by atoms with Gasteiger partial charge in [0.15, 0.2) is 0 Å². The molecule has 0 radical (unpaired) electrons. The van der Waals surface area contributed by atoms with Crippen molar-refractivity contribution in [2.75, 3.05) is 18.0 Å². The number of hydrogen-bond acceptors (Lipinski definition) is 5. The molecule has 0 saturated heterocycles. The number of ether oxygens (including phenoxy) is 1. The number of anilines is 1. The zero-order chi connectivity index (χ0) is 29.6. The molecule has 3 aromatic rings. The summed E-state index contributed by atoms with van der Waals surface area (Å²) in [7, 11) is -2.78. The first kappa shape index (κ1) is 31.5. The van der Waals surface area contributed by atoms with Crippen LogP contribution in [0.2, 0.25) is 15.1 Å². The summed E-state index contributed by atoms with van der Waals surface area (Å²) in [5, 5.41) is 3.80. The third-order valence-electron chi connectivity index (χ3n) is 5.98. The molecule has 0 spiro atoms. The van der Waals surface area contributed by atoms with E-state index in [-0.39, 0.29) is 28.2 Å². The molecule has 0 aliphatic rings. The molecule has 0 fully saturated rings. The number of halogens is 3. The Morgan fingerprint density at radius 2 is 1.57 bits per heavy atom. The molecule has 1 unspecified atom stereocenters. The Hall–Kier alpha value is -2.98. The molecule has 0 bridgehead atoms. The van der Waals surface area contributed by atoms with Crippen LogP contribution in [-0.2, 0) is 26.2 Å². The van der Waals surface area contributed by atoms with Crippen LogP contribution in [0, 0.1) is 0 Å². The molecule has 0 heterocycles. The number of rotatable bonds is 11. The van der Waals surface area contributed by atoms with Gasteiger partial charge in [-0.25, -0.2) is 8.42 Å². The van der Waals surface area contributed by atoms with Gasteiger partial charge in [-0.15, -0.1) is 0 Å². The molecule has 0 aliphatic heterocycles. The summed E-state index contributed by atoms with van der Waals surface area (Å²) in [6.45, 7) is 4.50. The summed E-state index contributed by atoms with van der Waals surface area (Å²) in [4.78, 5) is 28.1. The summed E-state index contributed by atoms with van der Waals surface area (Å²) in [6, 6.07) is 15.7. The predicted octanol–water partition coefficient (Wildman–Crippen LogP) is 5.79. The molecule has 3 aromatic carbocycles. The van der Waals surface area contributed by atoms with Crippen LogP contribution >= 0.6 is 34.8 Å². The number of amides is 2. The number of sulfonamides is 1. The van der Waals surface area contributed by atoms with Gasteiger partial charge in [0.05, 0.1) is 17.7 Å². The second-order valence-electron chi connectivity index (χ2n) is 9.26. The third-order valence-corrected chi connectivity index (χ3v) is 8.59. The van der Waals surface area contributed by atoms with Crippen molar-refractivity contribution < 1.29 is 22.7 Å². The quantitative estimate of drug-likeness (QED) is 0.291. The summed E-state index contributed by atoms with van der Waals surface area (Å²) in [6.07, 6.45) is 0. The van der Waals surface area contributed by atoms with Crippen LogP contribution in [0.4, 0.5) is 5.69 Å². The highest BCUT2D eigenvalue weighted by atomic mass is 35.5. The lowest BCUT2D eigenvalue weighted by atomic mass is 10.1. The van der Waals surface area contributed by atoms with Crippen molar-refractivity contribution >= 4 is 62.3 Å². The standard InChI is InChI=1S/C28H30Cl3N3O5S/c1-18(2)32-28(36)19(3)33(16-20-8-9-22(30)15-26(20)31)27(35)17-34(23-7-5-6-21(29)14-23)40(37,38)25-12-10-24(39-4)11-13-25/h5-15,18-19H,16-17H2,1-4H3,(H,32,36). The van der Waals surface area contributed by atoms with E-state index in [0.717, 1.165) is 4.31 Å². The Bertz CT molecular complexity index is 1470. The number of carbonyl (C=O) groups excluding carboxylic acids is 2. The lowest BCUT2D eigenvalue weighted by molar-refractivity contribution is -0.139. The molecule has 40 heavy (non-hydrogen) atoms. The van der Waals surface area contributed by atoms with Gasteiger partial charge in [-0.1, -0.05) is 46.9 Å². The third kappa shape index (κ3) is 7.81. The lowest BCUT2D eigenvalue weighted by Gasteiger charge is -2.32. The number of benzene rings is 3. The minimum Gasteiger partial charge on any atom is -0.497 e. The van der Waals surface area contributed by atoms with Crippen LogP contribution in [0.15, 0.2) is 71.6 Å². The average molecular weight is 627 g/mol. The molecule has 2 amide bonds. The number of methoxy groups -OCH3 is 1. The molecule has 214 valence electrons. The van der Waals surface area contributed by atoms with Crippen molar-refractivity contribution in [3.8, 4) is 5.75 Å². The first-order valence-electron chi connectivity index (χ1n) is 12.3. The van der Waals surface area contributed by atoms with E-state index < -0.39 is 34.4 Å². The van der Waals surface area contributed by atoms with E-state index in [1.165, 1.54) is 54.5 Å². The molecule has 0 aromatic heterocycles. The Balaban J connectivity index is 2.05. The van der Waals surface area contributed by atoms with Gasteiger partial charge in [-0.2, -0.15) is 0 Å². The summed E-state index contributed by atoms with van der Waals surface area (Å²) < 4.78 is 33.8. The minimum absolute atomic E-state index is 0.0565. The van der Waals surface area contributed by atoms with Gasteiger partial charge < -0.3 is 15.0 Å². The first-order chi connectivity index (χ1) is 18.8. The van der Waals surface area contributed by atoms with E-state index in [2.05, 4.69) is 5.32 Å². The molecular formula is C28H30Cl3N3O5S. The zero-order valence-electron chi connectivity index (χ0n) is 22.4. The van der Waals surface area contributed by atoms with Crippen LogP contribution in [0.5, 0.6) is 5.75 Å². The van der Waals surface area contributed by atoms with Gasteiger partial charge in [0.2, 0.25) is 11.8 Å². The molecule has 3 rings (SSSR count). The Morgan fingerprint density at radius 1 is 0.925 bits per heavy atom. The van der Waals surface area contributed by atoms with Gasteiger partial charge in [0, 0.05) is 27.7 Å². The van der Waals surface area contributed by atoms with Crippen molar-refractivity contribution in [1.82, 2.24) is 10.2 Å². The van der Waals surface area contributed by atoms with E-state index in [9.17, 15) is 18.0 Å². The van der Waals surface area contributed by atoms with E-state index >= 15 is 0 Å². The molecule has 8 nitrogen and oxygen atoms in total. The second-order valence-corrected chi connectivity index (χ2v) is 12.4. The summed E-state index contributed by atoms with van der Waals surface area (Å²) in [5.74, 6) is -0.560. The highest BCUT2D eigenvalue weighted by molar-refractivity contribution is 7.92. The van der Waals surface area contributed by atoms with Crippen molar-refractivity contribution in [3.63, 3.8) is 0 Å². The Morgan fingerprint density at radius 3 is 2.15 bits per heavy atom. The molecular weight excluding hydrogens is 597 g/mol. The Kier molecular flexibility index (Phi) is 10.7. The zero-order valence-corrected chi connectivity index (χ0v) is 25.5. The second kappa shape index (κ2) is 13.6. The Labute approximate surface area is 249 Å². The van der Waals surface area contributed by atoms with Crippen molar-refractivity contribution in [1.29, 1.82) is 0 Å². The average Bonchev–Trinajstić information content (AvgIpc) is 2.90. The monoisotopic (exact) mass is 625 g/mol. The smallest absolute Gasteiger partial charge is 0.264 e. The van der Waals surface area contributed by atoms with Crippen molar-refractivity contribution in [2.45, 2.75) is 44.3 Å². The van der Waals surface area contributed by atoms with E-state index in [0.29, 0.717) is 21.4 Å². The largest absolute Gasteiger partial charge is 0.497 e. The predicted molar refractivity (Wildman–Crippen MR) is 159 cm³/mol. The highest BCUT2D eigenvalue weighted by Crippen LogP contribution is 2.28. The fraction of sp³-hybridized carbons (Fsp3) is 0.286. The molecule has 1 atom stereocenters. The van der Waals surface area contributed by atoms with Crippen LogP contribution in [0.3, 0.4) is 0 Å². The van der Waals surface area contributed by atoms with Crippen molar-refractivity contribution in [3.05, 3.63) is 87.4 Å². The number of nitrogens with zero attached hydrogens (tertiary/aromatic N) is 2. The van der Waals surface area contributed by atoms with Gasteiger partial charge >= 0.3 is 0 Å². The van der Waals surface area contributed by atoms with E-state index in [4.69, 9.17) is 39.5 Å². The van der Waals surface area contributed by atoms with Gasteiger partial charge in [-0.05, 0) is 80.9 Å². The maximum absolute atomic E-state index is 13.9. The molecule has 12 heteroatoms. The van der Waals surface area contributed by atoms with Crippen molar-refractivity contribution in [2.24, 2.45) is 0 Å². The fourth-order valence-corrected chi connectivity index (χ4v) is 5.91. The van der Waals surface area contributed by atoms with Crippen LogP contribution in [0.1, 0.15) is 26.3 Å². The van der Waals surface area contributed by atoms with Gasteiger partial charge in [0.1, 0.15) is 18.3 Å². The molecule has 1 N–H and O–H groups in total. The first-order valence-corrected chi connectivity index (χ1v) is 14.9. The van der Waals surface area contributed by atoms with Gasteiger partial charge in [-0.3, -0.25) is 13.9 Å². The summed E-state index contributed by atoms with van der Waals surface area (Å²) in [5.41, 5.74) is 0.719. The number of carbonyl (C=O) groups is 2. The maximum Gasteiger partial charge on any atom is 0.264 e. The summed E-state index contributed by atoms with van der Waals surface area (Å²) >= 11 is 18.6. The van der Waals surface area contributed by atoms with E-state index in [1.807, 2.05) is 0 Å². The molecule has 0 aliphatic carbocycles. The molecule has 0 saturated carbocycles. The SMILES string of the molecule is COc1ccc(S(=O)(=O)N(CC(=O)N(Cc2ccc(Cl)cc2Cl)C(C)C(=O)NC(C)C)c2cccc(Cl)c2)cc1. The minimum atomic E-state index is -4.25. The lowest BCUT2D eigenvalue weighted by Crippen LogP contribution is -2.52.